The summed E-state index contributed by atoms with van der Waals surface area (Å²) in [4.78, 5) is 0. The minimum atomic E-state index is 0.418. The van der Waals surface area contributed by atoms with Gasteiger partial charge in [0.1, 0.15) is 0 Å². The molecule has 1 aliphatic carbocycles. The molecule has 0 spiro atoms. The van der Waals surface area contributed by atoms with Gasteiger partial charge in [0.15, 0.2) is 5.82 Å². The number of hydrogen-bond acceptors (Lipinski definition) is 4. The number of rotatable bonds is 3. The number of hydrogen-bond donors (Lipinski definition) is 1. The second kappa shape index (κ2) is 4.05. The topological polar surface area (TPSA) is 69.6 Å². The van der Waals surface area contributed by atoms with E-state index in [9.17, 15) is 0 Å². The average Bonchev–Trinajstić information content (AvgIpc) is 2.75. The van der Waals surface area contributed by atoms with Crippen LogP contribution >= 0.6 is 0 Å². The SMILES string of the molecule is Cc1ccc(N)c(-c2nnnn2CC2CC2(C)C)c1. The fourth-order valence-corrected chi connectivity index (χ4v) is 2.48. The van der Waals surface area contributed by atoms with Crippen molar-refractivity contribution < 1.29 is 0 Å². The number of aromatic nitrogens is 4. The Morgan fingerprint density at radius 2 is 2.16 bits per heavy atom. The number of nitrogens with two attached hydrogens (primary N) is 1. The predicted octanol–water partition coefficient (Wildman–Crippen LogP) is 2.28. The summed E-state index contributed by atoms with van der Waals surface area (Å²) in [6, 6.07) is 5.94. The Balaban J connectivity index is 1.93. The number of benzene rings is 1. The van der Waals surface area contributed by atoms with E-state index in [1.54, 1.807) is 0 Å². The third-order valence-corrected chi connectivity index (χ3v) is 4.09. The maximum absolute atomic E-state index is 6.04. The number of tetrazole rings is 1. The summed E-state index contributed by atoms with van der Waals surface area (Å²) in [6.45, 7) is 7.47. The standard InChI is InChI=1S/C14H19N5/c1-9-4-5-12(15)11(6-9)13-16-17-18-19(13)8-10-7-14(10,2)3/h4-6,10H,7-8,15H2,1-3H3. The summed E-state index contributed by atoms with van der Waals surface area (Å²) in [5.41, 5.74) is 9.26. The van der Waals surface area contributed by atoms with Crippen molar-refractivity contribution in [2.45, 2.75) is 33.7 Å². The van der Waals surface area contributed by atoms with Crippen LogP contribution in [0.1, 0.15) is 25.8 Å². The third kappa shape index (κ3) is 2.20. The van der Waals surface area contributed by atoms with E-state index in [1.807, 2.05) is 29.8 Å². The van der Waals surface area contributed by atoms with Gasteiger partial charge in [0.05, 0.1) is 0 Å². The molecule has 100 valence electrons. The smallest absolute Gasteiger partial charge is 0.184 e. The molecule has 1 atom stereocenters. The highest BCUT2D eigenvalue weighted by molar-refractivity contribution is 5.72. The zero-order valence-corrected chi connectivity index (χ0v) is 11.6. The van der Waals surface area contributed by atoms with Crippen molar-refractivity contribution in [3.63, 3.8) is 0 Å². The molecule has 0 amide bonds. The van der Waals surface area contributed by atoms with Crippen LogP contribution in [0.15, 0.2) is 18.2 Å². The normalized spacial score (nSPS) is 20.5. The van der Waals surface area contributed by atoms with Crippen LogP contribution < -0.4 is 5.73 Å². The Labute approximate surface area is 112 Å². The van der Waals surface area contributed by atoms with Crippen molar-refractivity contribution in [2.75, 3.05) is 5.73 Å². The van der Waals surface area contributed by atoms with Crippen LogP contribution in [0.25, 0.3) is 11.4 Å². The van der Waals surface area contributed by atoms with Crippen LogP contribution in [0, 0.1) is 18.3 Å². The zero-order chi connectivity index (χ0) is 13.6. The van der Waals surface area contributed by atoms with Gasteiger partial charge in [-0.2, -0.15) is 0 Å². The first-order valence-electron chi connectivity index (χ1n) is 6.60. The molecule has 0 radical (unpaired) electrons. The molecule has 2 N–H and O–H groups in total. The van der Waals surface area contributed by atoms with Gasteiger partial charge in [-0.3, -0.25) is 0 Å². The quantitative estimate of drug-likeness (QED) is 0.856. The molecule has 1 fully saturated rings. The van der Waals surface area contributed by atoms with Crippen molar-refractivity contribution in [3.8, 4) is 11.4 Å². The fraction of sp³-hybridized carbons (Fsp3) is 0.500. The van der Waals surface area contributed by atoms with E-state index >= 15 is 0 Å². The molecule has 0 aliphatic heterocycles. The lowest BCUT2D eigenvalue weighted by Crippen LogP contribution is -2.08. The summed E-state index contributed by atoms with van der Waals surface area (Å²) >= 11 is 0. The number of nitrogens with zero attached hydrogens (tertiary/aromatic N) is 4. The predicted molar refractivity (Wildman–Crippen MR) is 74.3 cm³/mol. The summed E-state index contributed by atoms with van der Waals surface area (Å²) < 4.78 is 1.88. The Morgan fingerprint density at radius 3 is 2.84 bits per heavy atom. The summed E-state index contributed by atoms with van der Waals surface area (Å²) in [7, 11) is 0. The summed E-state index contributed by atoms with van der Waals surface area (Å²) in [6.07, 6.45) is 1.23. The molecule has 1 heterocycles. The molecular formula is C14H19N5. The monoisotopic (exact) mass is 257 g/mol. The summed E-state index contributed by atoms with van der Waals surface area (Å²) in [5.74, 6) is 1.42. The van der Waals surface area contributed by atoms with Crippen LogP contribution in [-0.4, -0.2) is 20.2 Å². The lowest BCUT2D eigenvalue weighted by Gasteiger charge is -2.08. The van der Waals surface area contributed by atoms with Gasteiger partial charge in [0, 0.05) is 17.8 Å². The maximum Gasteiger partial charge on any atom is 0.184 e. The van der Waals surface area contributed by atoms with Crippen molar-refractivity contribution in [1.29, 1.82) is 0 Å². The third-order valence-electron chi connectivity index (χ3n) is 4.09. The molecule has 5 heteroatoms. The zero-order valence-electron chi connectivity index (χ0n) is 11.6. The van der Waals surface area contributed by atoms with Gasteiger partial charge < -0.3 is 5.73 Å². The lowest BCUT2D eigenvalue weighted by molar-refractivity contribution is 0.467. The average molecular weight is 257 g/mol. The molecule has 1 aliphatic rings. The van der Waals surface area contributed by atoms with Gasteiger partial charge >= 0.3 is 0 Å². The molecular weight excluding hydrogens is 238 g/mol. The first-order valence-corrected chi connectivity index (χ1v) is 6.60. The van der Waals surface area contributed by atoms with Crippen molar-refractivity contribution >= 4 is 5.69 Å². The van der Waals surface area contributed by atoms with Crippen LogP contribution in [0.2, 0.25) is 0 Å². The number of nitrogen functional groups attached to an aromatic ring is 1. The van der Waals surface area contributed by atoms with E-state index in [0.29, 0.717) is 11.3 Å². The van der Waals surface area contributed by atoms with Crippen molar-refractivity contribution in [3.05, 3.63) is 23.8 Å². The molecule has 5 nitrogen and oxygen atoms in total. The van der Waals surface area contributed by atoms with Crippen LogP contribution in [0.3, 0.4) is 0 Å². The van der Waals surface area contributed by atoms with E-state index in [2.05, 4.69) is 29.4 Å². The molecule has 19 heavy (non-hydrogen) atoms. The van der Waals surface area contributed by atoms with E-state index in [4.69, 9.17) is 5.73 Å². The molecule has 0 saturated heterocycles. The highest BCUT2D eigenvalue weighted by Crippen LogP contribution is 2.52. The van der Waals surface area contributed by atoms with Gasteiger partial charge in [-0.15, -0.1) is 5.10 Å². The second-order valence-corrected chi connectivity index (χ2v) is 6.16. The largest absolute Gasteiger partial charge is 0.398 e. The van der Waals surface area contributed by atoms with Gasteiger partial charge in [-0.25, -0.2) is 4.68 Å². The molecule has 1 saturated carbocycles. The molecule has 1 aromatic heterocycles. The Hall–Kier alpha value is -1.91. The van der Waals surface area contributed by atoms with E-state index < -0.39 is 0 Å². The molecule has 1 unspecified atom stereocenters. The van der Waals surface area contributed by atoms with Gasteiger partial charge in [0.2, 0.25) is 0 Å². The lowest BCUT2D eigenvalue weighted by atomic mass is 10.1. The second-order valence-electron chi connectivity index (χ2n) is 6.16. The Kier molecular flexibility index (Phi) is 2.59. The Bertz CT molecular complexity index is 614. The van der Waals surface area contributed by atoms with Gasteiger partial charge in [0.25, 0.3) is 0 Å². The number of anilines is 1. The van der Waals surface area contributed by atoms with Crippen LogP contribution in [0.4, 0.5) is 5.69 Å². The van der Waals surface area contributed by atoms with Gasteiger partial charge in [-0.05, 0) is 47.2 Å². The summed E-state index contributed by atoms with van der Waals surface area (Å²) in [5, 5.41) is 12.1. The molecule has 2 aromatic rings. The highest BCUT2D eigenvalue weighted by Gasteiger charge is 2.46. The van der Waals surface area contributed by atoms with Crippen molar-refractivity contribution in [2.24, 2.45) is 11.3 Å². The fourth-order valence-electron chi connectivity index (χ4n) is 2.48. The van der Waals surface area contributed by atoms with Crippen LogP contribution in [-0.2, 0) is 6.54 Å². The molecule has 0 bridgehead atoms. The van der Waals surface area contributed by atoms with E-state index in [-0.39, 0.29) is 0 Å². The molecule has 1 aromatic carbocycles. The van der Waals surface area contributed by atoms with Crippen LogP contribution in [0.5, 0.6) is 0 Å². The minimum absolute atomic E-state index is 0.418. The first-order chi connectivity index (χ1) is 8.97. The number of aryl methyl sites for hydroxylation is 1. The maximum atomic E-state index is 6.04. The van der Waals surface area contributed by atoms with Gasteiger partial charge in [-0.1, -0.05) is 25.5 Å². The Morgan fingerprint density at radius 1 is 1.42 bits per heavy atom. The first kappa shape index (κ1) is 12.1. The molecule has 3 rings (SSSR count). The van der Waals surface area contributed by atoms with E-state index in [0.717, 1.165) is 29.2 Å². The highest BCUT2D eigenvalue weighted by atomic mass is 15.5. The van der Waals surface area contributed by atoms with Crippen molar-refractivity contribution in [1.82, 2.24) is 20.2 Å². The van der Waals surface area contributed by atoms with E-state index in [1.165, 1.54) is 6.42 Å². The minimum Gasteiger partial charge on any atom is -0.398 e.